The monoisotopic (exact) mass is 341 g/mol. The number of alkyl halides is 2. The van der Waals surface area contributed by atoms with Gasteiger partial charge in [0.2, 0.25) is 0 Å². The number of urea groups is 1. The van der Waals surface area contributed by atoms with Crippen LogP contribution in [-0.4, -0.2) is 55.7 Å². The first-order valence-electron chi connectivity index (χ1n) is 8.13. The Morgan fingerprint density at radius 3 is 2.58 bits per heavy atom. The Kier molecular flexibility index (Phi) is 6.36. The molecule has 0 spiro atoms. The van der Waals surface area contributed by atoms with Crippen LogP contribution in [0.4, 0.5) is 13.6 Å². The second-order valence-electron chi connectivity index (χ2n) is 6.32. The van der Waals surface area contributed by atoms with Crippen molar-refractivity contribution in [3.8, 4) is 5.75 Å². The lowest BCUT2D eigenvalue weighted by Crippen LogP contribution is -2.51. The molecule has 1 saturated heterocycles. The Morgan fingerprint density at radius 2 is 2.00 bits per heavy atom. The highest BCUT2D eigenvalue weighted by molar-refractivity contribution is 5.74. The Bertz CT molecular complexity index is 537. The van der Waals surface area contributed by atoms with Gasteiger partial charge in [0.05, 0.1) is 6.04 Å². The summed E-state index contributed by atoms with van der Waals surface area (Å²) in [5, 5.41) is 2.97. The number of likely N-dealkylation sites (N-methyl/N-ethyl adjacent to an activating group) is 1. The van der Waals surface area contributed by atoms with Gasteiger partial charge in [-0.05, 0) is 51.6 Å². The van der Waals surface area contributed by atoms with E-state index in [1.807, 2.05) is 25.9 Å². The van der Waals surface area contributed by atoms with Gasteiger partial charge in [-0.1, -0.05) is 12.1 Å². The Morgan fingerprint density at radius 1 is 1.33 bits per heavy atom. The maximum absolute atomic E-state index is 12.4. The maximum atomic E-state index is 12.4. The summed E-state index contributed by atoms with van der Waals surface area (Å²) >= 11 is 0. The minimum absolute atomic E-state index is 0.0954. The summed E-state index contributed by atoms with van der Waals surface area (Å²) in [5.41, 5.74) is 0.839. The fraction of sp³-hybridized carbons (Fsp3) is 0.588. The predicted octanol–water partition coefficient (Wildman–Crippen LogP) is 3.08. The molecule has 1 N–H and O–H groups in total. The zero-order valence-electron chi connectivity index (χ0n) is 14.3. The summed E-state index contributed by atoms with van der Waals surface area (Å²) in [4.78, 5) is 16.4. The van der Waals surface area contributed by atoms with Crippen LogP contribution < -0.4 is 10.1 Å². The van der Waals surface area contributed by atoms with Gasteiger partial charge in [-0.2, -0.15) is 8.78 Å². The predicted molar refractivity (Wildman–Crippen MR) is 88.3 cm³/mol. The minimum Gasteiger partial charge on any atom is -0.435 e. The molecule has 0 saturated carbocycles. The number of ether oxygens (including phenoxy) is 1. The lowest BCUT2D eigenvalue weighted by Gasteiger charge is -2.36. The second-order valence-corrected chi connectivity index (χ2v) is 6.32. The van der Waals surface area contributed by atoms with Gasteiger partial charge in [0, 0.05) is 19.1 Å². The standard InChI is InChI=1S/C17H25F2N3O2/c1-12(13-6-8-15(9-7-13)24-16(18)19)20-17(23)22-10-4-5-14(11-22)21(2)3/h6-9,12,14,16H,4-5,10-11H2,1-3H3,(H,20,23). The van der Waals surface area contributed by atoms with Crippen LogP contribution in [-0.2, 0) is 0 Å². The first-order valence-corrected chi connectivity index (χ1v) is 8.13. The molecular weight excluding hydrogens is 316 g/mol. The number of nitrogens with one attached hydrogen (secondary N) is 1. The molecule has 2 atom stereocenters. The Balaban J connectivity index is 1.91. The molecule has 0 radical (unpaired) electrons. The third-order valence-corrected chi connectivity index (χ3v) is 4.36. The van der Waals surface area contributed by atoms with Gasteiger partial charge in [0.15, 0.2) is 0 Å². The van der Waals surface area contributed by atoms with Crippen LogP contribution in [0.3, 0.4) is 0 Å². The van der Waals surface area contributed by atoms with E-state index < -0.39 is 6.61 Å². The minimum atomic E-state index is -2.84. The third kappa shape index (κ3) is 5.06. The molecule has 0 aromatic heterocycles. The van der Waals surface area contributed by atoms with Gasteiger partial charge in [-0.15, -0.1) is 0 Å². The highest BCUT2D eigenvalue weighted by atomic mass is 19.3. The van der Waals surface area contributed by atoms with Crippen LogP contribution in [0, 0.1) is 0 Å². The van der Waals surface area contributed by atoms with E-state index in [4.69, 9.17) is 0 Å². The molecule has 2 unspecified atom stereocenters. The van der Waals surface area contributed by atoms with Gasteiger partial charge in [-0.25, -0.2) is 4.79 Å². The number of likely N-dealkylation sites (tertiary alicyclic amines) is 1. The van der Waals surface area contributed by atoms with Gasteiger partial charge in [0.25, 0.3) is 0 Å². The number of nitrogens with zero attached hydrogens (tertiary/aromatic N) is 2. The van der Waals surface area contributed by atoms with Crippen molar-refractivity contribution in [1.29, 1.82) is 0 Å². The van der Waals surface area contributed by atoms with E-state index in [2.05, 4.69) is 15.0 Å². The van der Waals surface area contributed by atoms with Crippen molar-refractivity contribution >= 4 is 6.03 Å². The number of carbonyl (C=O) groups is 1. The Labute approximate surface area is 141 Å². The lowest BCUT2D eigenvalue weighted by atomic mass is 10.1. The average molecular weight is 341 g/mol. The third-order valence-electron chi connectivity index (χ3n) is 4.36. The first kappa shape index (κ1) is 18.4. The van der Waals surface area contributed by atoms with E-state index >= 15 is 0 Å². The molecule has 0 bridgehead atoms. The van der Waals surface area contributed by atoms with Crippen molar-refractivity contribution in [3.63, 3.8) is 0 Å². The van der Waals surface area contributed by atoms with Crippen molar-refractivity contribution in [1.82, 2.24) is 15.1 Å². The molecule has 1 aliphatic rings. The van der Waals surface area contributed by atoms with Crippen molar-refractivity contribution in [3.05, 3.63) is 29.8 Å². The van der Waals surface area contributed by atoms with Crippen molar-refractivity contribution in [2.45, 2.75) is 38.5 Å². The number of piperidine rings is 1. The van der Waals surface area contributed by atoms with E-state index in [0.29, 0.717) is 12.6 Å². The maximum Gasteiger partial charge on any atom is 0.387 e. The number of benzene rings is 1. The van der Waals surface area contributed by atoms with Crippen molar-refractivity contribution in [2.24, 2.45) is 0 Å². The van der Waals surface area contributed by atoms with Gasteiger partial charge in [-0.3, -0.25) is 0 Å². The van der Waals surface area contributed by atoms with E-state index in [0.717, 1.165) is 24.9 Å². The van der Waals surface area contributed by atoms with Crippen molar-refractivity contribution in [2.75, 3.05) is 27.2 Å². The number of rotatable bonds is 5. The van der Waals surface area contributed by atoms with Gasteiger partial charge < -0.3 is 19.9 Å². The molecule has 2 rings (SSSR count). The van der Waals surface area contributed by atoms with Gasteiger partial charge >= 0.3 is 12.6 Å². The van der Waals surface area contributed by atoms with Crippen LogP contribution >= 0.6 is 0 Å². The topological polar surface area (TPSA) is 44.8 Å². The molecule has 1 aliphatic heterocycles. The summed E-state index contributed by atoms with van der Waals surface area (Å²) < 4.78 is 28.6. The van der Waals surface area contributed by atoms with E-state index in [1.54, 1.807) is 12.1 Å². The number of halogens is 2. The molecule has 1 heterocycles. The quantitative estimate of drug-likeness (QED) is 0.895. The Hall–Kier alpha value is -1.89. The molecule has 1 aromatic carbocycles. The number of amides is 2. The van der Waals surface area contributed by atoms with Crippen LogP contribution in [0.1, 0.15) is 31.4 Å². The summed E-state index contributed by atoms with van der Waals surface area (Å²) in [7, 11) is 4.05. The smallest absolute Gasteiger partial charge is 0.387 e. The molecule has 1 aromatic rings. The largest absolute Gasteiger partial charge is 0.435 e. The molecular formula is C17H25F2N3O2. The highest BCUT2D eigenvalue weighted by Crippen LogP contribution is 2.20. The molecule has 7 heteroatoms. The molecule has 0 aliphatic carbocycles. The highest BCUT2D eigenvalue weighted by Gasteiger charge is 2.25. The van der Waals surface area contributed by atoms with Crippen LogP contribution in [0.2, 0.25) is 0 Å². The zero-order chi connectivity index (χ0) is 17.7. The van der Waals surface area contributed by atoms with Crippen LogP contribution in [0.15, 0.2) is 24.3 Å². The number of hydrogen-bond acceptors (Lipinski definition) is 3. The van der Waals surface area contributed by atoms with E-state index in [-0.39, 0.29) is 17.8 Å². The fourth-order valence-electron chi connectivity index (χ4n) is 2.86. The summed E-state index contributed by atoms with van der Waals surface area (Å²) in [6.07, 6.45) is 2.09. The molecule has 134 valence electrons. The molecule has 1 fully saturated rings. The van der Waals surface area contributed by atoms with E-state index in [9.17, 15) is 13.6 Å². The van der Waals surface area contributed by atoms with Gasteiger partial charge in [0.1, 0.15) is 5.75 Å². The second kappa shape index (κ2) is 8.28. The number of carbonyl (C=O) groups excluding carboxylic acids is 1. The molecule has 5 nitrogen and oxygen atoms in total. The SMILES string of the molecule is CC(NC(=O)N1CCCC(N(C)C)C1)c1ccc(OC(F)F)cc1. The summed E-state index contributed by atoms with van der Waals surface area (Å²) in [6, 6.07) is 6.40. The number of hydrogen-bond donors (Lipinski definition) is 1. The summed E-state index contributed by atoms with van der Waals surface area (Å²) in [5.74, 6) is 0.108. The average Bonchev–Trinajstić information content (AvgIpc) is 2.55. The first-order chi connectivity index (χ1) is 11.4. The van der Waals surface area contributed by atoms with Crippen molar-refractivity contribution < 1.29 is 18.3 Å². The molecule has 2 amide bonds. The molecule has 24 heavy (non-hydrogen) atoms. The lowest BCUT2D eigenvalue weighted by molar-refractivity contribution is -0.0498. The van der Waals surface area contributed by atoms with Crippen LogP contribution in [0.5, 0.6) is 5.75 Å². The summed E-state index contributed by atoms with van der Waals surface area (Å²) in [6.45, 7) is 0.502. The fourth-order valence-corrected chi connectivity index (χ4v) is 2.86. The zero-order valence-corrected chi connectivity index (χ0v) is 14.3. The normalized spacial score (nSPS) is 19.5. The van der Waals surface area contributed by atoms with Crippen LogP contribution in [0.25, 0.3) is 0 Å². The van der Waals surface area contributed by atoms with E-state index in [1.165, 1.54) is 12.1 Å².